The van der Waals surface area contributed by atoms with Crippen LogP contribution in [0, 0.1) is 17.3 Å². The Morgan fingerprint density at radius 3 is 2.57 bits per heavy atom. The van der Waals surface area contributed by atoms with E-state index in [1.165, 1.54) is 13.2 Å². The number of carbonyl (C=O) groups is 1. The summed E-state index contributed by atoms with van der Waals surface area (Å²) in [4.78, 5) is 24.4. The minimum atomic E-state index is -1.53. The van der Waals surface area contributed by atoms with Crippen LogP contribution >= 0.6 is 0 Å². The molecule has 8 nitrogen and oxygen atoms in total. The topological polar surface area (TPSA) is 78.7 Å². The van der Waals surface area contributed by atoms with Gasteiger partial charge in [0, 0.05) is 35.4 Å². The van der Waals surface area contributed by atoms with Gasteiger partial charge in [-0.2, -0.15) is 0 Å². The fourth-order valence-corrected chi connectivity index (χ4v) is 6.37. The van der Waals surface area contributed by atoms with Crippen molar-refractivity contribution in [1.82, 2.24) is 19.4 Å². The van der Waals surface area contributed by atoms with E-state index in [0.717, 1.165) is 61.5 Å². The number of halogens is 1. The lowest BCUT2D eigenvalue weighted by atomic mass is 9.93. The Kier molecular flexibility index (Phi) is 9.54. The summed E-state index contributed by atoms with van der Waals surface area (Å²) in [5.41, 5.74) is 7.75. The molecule has 0 unspecified atom stereocenters. The van der Waals surface area contributed by atoms with Gasteiger partial charge in [0.05, 0.1) is 42.9 Å². The fraction of sp³-hybridized carbons (Fsp3) is 0.417. The molecule has 0 spiro atoms. The first-order valence-corrected chi connectivity index (χ1v) is 19.5. The molecule has 2 aromatic carbocycles. The maximum Gasteiger partial charge on any atom is 0.337 e. The average molecular weight is 641 g/mol. The largest absolute Gasteiger partial charge is 0.473 e. The number of likely N-dealkylation sites (tertiary alicyclic amines) is 1. The number of carbonyl (C=O) groups excluding carboxylic acids is 1. The van der Waals surface area contributed by atoms with Gasteiger partial charge < -0.3 is 18.8 Å². The molecule has 6 rings (SSSR count). The highest BCUT2D eigenvalue weighted by atomic mass is 28.3. The van der Waals surface area contributed by atoms with Gasteiger partial charge in [0.25, 0.3) is 0 Å². The first-order valence-electron chi connectivity index (χ1n) is 16.0. The highest BCUT2D eigenvalue weighted by Gasteiger charge is 2.26. The number of aromatic nitrogens is 3. The van der Waals surface area contributed by atoms with Crippen molar-refractivity contribution in [2.75, 3.05) is 26.8 Å². The van der Waals surface area contributed by atoms with Crippen molar-refractivity contribution < 1.29 is 23.4 Å². The van der Waals surface area contributed by atoms with Gasteiger partial charge >= 0.3 is 5.97 Å². The molecule has 2 aliphatic heterocycles. The van der Waals surface area contributed by atoms with Crippen molar-refractivity contribution >= 4 is 25.1 Å². The first-order chi connectivity index (χ1) is 22.1. The number of imidazole rings is 1. The number of piperidine rings is 1. The van der Waals surface area contributed by atoms with Gasteiger partial charge in [0.2, 0.25) is 5.88 Å². The Labute approximate surface area is 270 Å². The van der Waals surface area contributed by atoms with E-state index in [9.17, 15) is 9.18 Å². The van der Waals surface area contributed by atoms with E-state index < -0.39 is 8.07 Å². The molecule has 0 amide bonds. The van der Waals surface area contributed by atoms with Crippen molar-refractivity contribution in [2.24, 2.45) is 0 Å². The van der Waals surface area contributed by atoms with E-state index in [1.54, 1.807) is 12.1 Å². The molecule has 0 aliphatic carbocycles. The molecule has 4 heterocycles. The Hall–Kier alpha value is -4.04. The van der Waals surface area contributed by atoms with Crippen molar-refractivity contribution in [1.29, 1.82) is 0 Å². The molecule has 2 aromatic heterocycles. The summed E-state index contributed by atoms with van der Waals surface area (Å²) < 4.78 is 33.6. The van der Waals surface area contributed by atoms with Crippen LogP contribution in [0.3, 0.4) is 0 Å². The zero-order valence-corrected chi connectivity index (χ0v) is 28.0. The molecule has 1 atom stereocenters. The smallest absolute Gasteiger partial charge is 0.337 e. The van der Waals surface area contributed by atoms with E-state index in [0.29, 0.717) is 41.6 Å². The quantitative estimate of drug-likeness (QED) is 0.120. The lowest BCUT2D eigenvalue weighted by Crippen LogP contribution is -2.35. The first kappa shape index (κ1) is 31.9. The minimum Gasteiger partial charge on any atom is -0.473 e. The Bertz CT molecular complexity index is 1780. The van der Waals surface area contributed by atoms with Gasteiger partial charge in [-0.05, 0) is 68.8 Å². The lowest BCUT2D eigenvalue weighted by molar-refractivity contribution is -0.0592. The van der Waals surface area contributed by atoms with Crippen LogP contribution in [-0.2, 0) is 29.2 Å². The number of pyridine rings is 1. The number of benzene rings is 2. The highest BCUT2D eigenvalue weighted by molar-refractivity contribution is 6.83. The molecule has 240 valence electrons. The summed E-state index contributed by atoms with van der Waals surface area (Å²) in [6.45, 7) is 10.6. The zero-order chi connectivity index (χ0) is 32.3. The van der Waals surface area contributed by atoms with Gasteiger partial charge in [0.15, 0.2) is 0 Å². The van der Waals surface area contributed by atoms with Crippen LogP contribution in [0.1, 0.15) is 58.2 Å². The Balaban J connectivity index is 1.08. The monoisotopic (exact) mass is 640 g/mol. The van der Waals surface area contributed by atoms with Crippen LogP contribution in [0.25, 0.3) is 11.0 Å². The van der Waals surface area contributed by atoms with E-state index in [2.05, 4.69) is 46.6 Å². The molecule has 10 heteroatoms. The van der Waals surface area contributed by atoms with Crippen molar-refractivity contribution in [3.05, 3.63) is 88.6 Å². The number of fused-ring (bicyclic) bond motifs is 1. The van der Waals surface area contributed by atoms with Crippen LogP contribution < -0.4 is 4.74 Å². The lowest BCUT2D eigenvalue weighted by Gasteiger charge is -2.32. The second-order valence-electron chi connectivity index (χ2n) is 13.2. The molecule has 0 radical (unpaired) electrons. The third kappa shape index (κ3) is 7.66. The molecule has 0 bridgehead atoms. The molecule has 0 N–H and O–H groups in total. The Morgan fingerprint density at radius 1 is 1.07 bits per heavy atom. The van der Waals surface area contributed by atoms with Crippen LogP contribution in [0.15, 0.2) is 54.6 Å². The van der Waals surface area contributed by atoms with Crippen LogP contribution in [-0.4, -0.2) is 66.4 Å². The third-order valence-electron chi connectivity index (χ3n) is 8.55. The molecule has 4 aromatic rings. The average Bonchev–Trinajstić information content (AvgIpc) is 3.36. The summed E-state index contributed by atoms with van der Waals surface area (Å²) in [6, 6.07) is 16.5. The van der Waals surface area contributed by atoms with Crippen LogP contribution in [0.4, 0.5) is 4.39 Å². The standard InChI is InChI=1S/C36H41FN4O4Si/c1-43-36(42)27-10-11-32-33(21-27)41(22-29-14-18-44-29)34(38-32)23-40-16-12-26(13-17-40)31-6-5-7-35(39-31)45-24-28-9-8-25(20-30(28)37)15-19-46(2,3)4/h5-11,20-21,26,29H,12-14,16-18,22-24H2,1-4H3/t29-/m0/s1. The summed E-state index contributed by atoms with van der Waals surface area (Å²) in [7, 11) is -0.137. The zero-order valence-electron chi connectivity index (χ0n) is 27.0. The number of hydrogen-bond acceptors (Lipinski definition) is 7. The number of nitrogens with zero attached hydrogens (tertiary/aromatic N) is 4. The summed E-state index contributed by atoms with van der Waals surface area (Å²) in [5, 5.41) is 0. The molecular formula is C36H41FN4O4Si. The van der Waals surface area contributed by atoms with Crippen LogP contribution in [0.2, 0.25) is 19.6 Å². The normalized spacial score (nSPS) is 17.3. The highest BCUT2D eigenvalue weighted by Crippen LogP contribution is 2.30. The maximum atomic E-state index is 14.8. The second-order valence-corrected chi connectivity index (χ2v) is 17.9. The molecule has 0 saturated carbocycles. The number of hydrogen-bond donors (Lipinski definition) is 0. The summed E-state index contributed by atoms with van der Waals surface area (Å²) in [6.07, 6.45) is 3.10. The number of ether oxygens (including phenoxy) is 3. The SMILES string of the molecule is COC(=O)c1ccc2nc(CN3CCC(c4cccc(OCc5ccc(C#C[Si](C)(C)C)cc5F)n4)CC3)n(C[C@@H]3CCO3)c2c1. The fourth-order valence-electron chi connectivity index (χ4n) is 5.85. The van der Waals surface area contributed by atoms with Gasteiger partial charge in [-0.25, -0.2) is 19.2 Å². The number of methoxy groups -OCH3 is 1. The number of esters is 1. The minimum absolute atomic E-state index is 0.108. The second kappa shape index (κ2) is 13.8. The molecule has 46 heavy (non-hydrogen) atoms. The predicted molar refractivity (Wildman–Crippen MR) is 178 cm³/mol. The molecule has 2 fully saturated rings. The van der Waals surface area contributed by atoms with E-state index in [4.69, 9.17) is 24.2 Å². The van der Waals surface area contributed by atoms with Gasteiger partial charge in [-0.1, -0.05) is 37.7 Å². The molecule has 2 saturated heterocycles. The van der Waals surface area contributed by atoms with E-state index in [1.807, 2.05) is 30.3 Å². The van der Waals surface area contributed by atoms with E-state index in [-0.39, 0.29) is 24.5 Å². The van der Waals surface area contributed by atoms with Crippen LogP contribution in [0.5, 0.6) is 5.88 Å². The molecular weight excluding hydrogens is 600 g/mol. The predicted octanol–water partition coefficient (Wildman–Crippen LogP) is 6.33. The third-order valence-corrected chi connectivity index (χ3v) is 9.43. The summed E-state index contributed by atoms with van der Waals surface area (Å²) >= 11 is 0. The van der Waals surface area contributed by atoms with Gasteiger partial charge in [-0.3, -0.25) is 4.90 Å². The summed E-state index contributed by atoms with van der Waals surface area (Å²) in [5.74, 6) is 4.22. The van der Waals surface area contributed by atoms with Crippen molar-refractivity contribution in [3.8, 4) is 17.3 Å². The number of rotatable bonds is 9. The Morgan fingerprint density at radius 2 is 1.87 bits per heavy atom. The van der Waals surface area contributed by atoms with E-state index >= 15 is 0 Å². The van der Waals surface area contributed by atoms with Crippen molar-refractivity contribution in [3.63, 3.8) is 0 Å². The maximum absolute atomic E-state index is 14.8. The van der Waals surface area contributed by atoms with Gasteiger partial charge in [-0.15, -0.1) is 5.54 Å². The molecule has 2 aliphatic rings. The van der Waals surface area contributed by atoms with Gasteiger partial charge in [0.1, 0.15) is 26.3 Å². The van der Waals surface area contributed by atoms with Crippen molar-refractivity contribution in [2.45, 2.75) is 70.6 Å².